The van der Waals surface area contributed by atoms with Crippen molar-refractivity contribution < 1.29 is 0 Å². The van der Waals surface area contributed by atoms with Crippen LogP contribution in [-0.4, -0.2) is 10.2 Å². The Kier molecular flexibility index (Phi) is 3.05. The summed E-state index contributed by atoms with van der Waals surface area (Å²) < 4.78 is 0. The van der Waals surface area contributed by atoms with Gasteiger partial charge in [-0.1, -0.05) is 24.3 Å². The van der Waals surface area contributed by atoms with Crippen molar-refractivity contribution in [3.05, 3.63) is 60.7 Å². The first-order valence-corrected chi connectivity index (χ1v) is 6.28. The van der Waals surface area contributed by atoms with Crippen LogP contribution >= 0.6 is 0 Å². The molecule has 3 rings (SSSR count). The second kappa shape index (κ2) is 5.01. The van der Waals surface area contributed by atoms with E-state index in [1.165, 1.54) is 0 Å². The van der Waals surface area contributed by atoms with Crippen LogP contribution in [0.15, 0.2) is 60.7 Å². The van der Waals surface area contributed by atoms with Gasteiger partial charge in [0.05, 0.1) is 11.4 Å². The van der Waals surface area contributed by atoms with Gasteiger partial charge in [-0.3, -0.25) is 0 Å². The monoisotopic (exact) mass is 262 g/mol. The maximum atomic E-state index is 5.67. The highest BCUT2D eigenvalue weighted by atomic mass is 15.1. The molecule has 4 heteroatoms. The summed E-state index contributed by atoms with van der Waals surface area (Å²) >= 11 is 0. The molecule has 0 amide bonds. The van der Waals surface area contributed by atoms with E-state index in [0.29, 0.717) is 0 Å². The second-order valence-corrected chi connectivity index (χ2v) is 4.55. The number of anilines is 2. The normalized spacial score (nSPS) is 10.4. The van der Waals surface area contributed by atoms with Crippen molar-refractivity contribution in [1.29, 1.82) is 0 Å². The zero-order valence-electron chi connectivity index (χ0n) is 10.8. The van der Waals surface area contributed by atoms with Crippen molar-refractivity contribution in [3.63, 3.8) is 0 Å². The van der Waals surface area contributed by atoms with E-state index in [-0.39, 0.29) is 0 Å². The van der Waals surface area contributed by atoms with E-state index in [9.17, 15) is 0 Å². The summed E-state index contributed by atoms with van der Waals surface area (Å²) in [7, 11) is 0. The van der Waals surface area contributed by atoms with E-state index in [4.69, 9.17) is 11.5 Å². The molecule has 0 unspecified atom stereocenters. The van der Waals surface area contributed by atoms with Gasteiger partial charge >= 0.3 is 0 Å². The van der Waals surface area contributed by atoms with Gasteiger partial charge in [-0.15, -0.1) is 10.2 Å². The van der Waals surface area contributed by atoms with Crippen LogP contribution in [0.1, 0.15) is 0 Å². The number of nitrogens with zero attached hydrogens (tertiary/aromatic N) is 2. The van der Waals surface area contributed by atoms with E-state index < -0.39 is 0 Å². The first-order chi connectivity index (χ1) is 9.72. The minimum absolute atomic E-state index is 0.736. The molecular formula is C16H14N4. The van der Waals surface area contributed by atoms with Gasteiger partial charge in [-0.2, -0.15) is 0 Å². The molecule has 20 heavy (non-hydrogen) atoms. The zero-order chi connectivity index (χ0) is 13.9. The number of hydrogen-bond acceptors (Lipinski definition) is 4. The Morgan fingerprint density at radius 3 is 1.15 bits per heavy atom. The third-order valence-corrected chi connectivity index (χ3v) is 3.08. The molecule has 0 aliphatic heterocycles. The Morgan fingerprint density at radius 2 is 0.850 bits per heavy atom. The minimum atomic E-state index is 0.736. The predicted octanol–water partition coefficient (Wildman–Crippen LogP) is 2.98. The molecule has 0 radical (unpaired) electrons. The van der Waals surface area contributed by atoms with Gasteiger partial charge in [0.25, 0.3) is 0 Å². The highest BCUT2D eigenvalue weighted by Crippen LogP contribution is 2.21. The Labute approximate surface area is 117 Å². The first kappa shape index (κ1) is 12.2. The van der Waals surface area contributed by atoms with E-state index in [1.807, 2.05) is 60.7 Å². The minimum Gasteiger partial charge on any atom is -0.399 e. The summed E-state index contributed by atoms with van der Waals surface area (Å²) in [4.78, 5) is 0. The van der Waals surface area contributed by atoms with E-state index in [1.54, 1.807) is 0 Å². The molecule has 0 bridgehead atoms. The topological polar surface area (TPSA) is 77.8 Å². The predicted molar refractivity (Wildman–Crippen MR) is 81.7 cm³/mol. The van der Waals surface area contributed by atoms with Crippen molar-refractivity contribution in [1.82, 2.24) is 10.2 Å². The smallest absolute Gasteiger partial charge is 0.0930 e. The van der Waals surface area contributed by atoms with Gasteiger partial charge in [0.15, 0.2) is 0 Å². The van der Waals surface area contributed by atoms with Crippen molar-refractivity contribution in [2.75, 3.05) is 11.5 Å². The summed E-state index contributed by atoms with van der Waals surface area (Å²) in [5, 5.41) is 8.51. The molecule has 4 nitrogen and oxygen atoms in total. The van der Waals surface area contributed by atoms with E-state index in [0.717, 1.165) is 33.9 Å². The van der Waals surface area contributed by atoms with Crippen LogP contribution in [0.3, 0.4) is 0 Å². The maximum Gasteiger partial charge on any atom is 0.0930 e. The lowest BCUT2D eigenvalue weighted by Gasteiger charge is -2.03. The molecule has 1 aromatic heterocycles. The molecule has 0 saturated heterocycles. The van der Waals surface area contributed by atoms with Gasteiger partial charge in [0.2, 0.25) is 0 Å². The summed E-state index contributed by atoms with van der Waals surface area (Å²) in [5.74, 6) is 0. The molecule has 0 fully saturated rings. The Balaban J connectivity index is 1.91. The van der Waals surface area contributed by atoms with Crippen molar-refractivity contribution in [2.45, 2.75) is 0 Å². The lowest BCUT2D eigenvalue weighted by molar-refractivity contribution is 1.04. The average Bonchev–Trinajstić information content (AvgIpc) is 2.49. The van der Waals surface area contributed by atoms with Crippen LogP contribution in [0.2, 0.25) is 0 Å². The SMILES string of the molecule is Nc1ccc(-c2ccc(-c3ccc(N)cc3)nn2)cc1. The van der Waals surface area contributed by atoms with Gasteiger partial charge < -0.3 is 11.5 Å². The molecule has 0 aliphatic rings. The molecule has 3 aromatic rings. The number of nitrogens with two attached hydrogens (primary N) is 2. The molecule has 0 atom stereocenters. The average molecular weight is 262 g/mol. The van der Waals surface area contributed by atoms with Crippen molar-refractivity contribution >= 4 is 11.4 Å². The molecule has 98 valence electrons. The van der Waals surface area contributed by atoms with Crippen LogP contribution < -0.4 is 11.5 Å². The number of benzene rings is 2. The fraction of sp³-hybridized carbons (Fsp3) is 0. The largest absolute Gasteiger partial charge is 0.399 e. The summed E-state index contributed by atoms with van der Waals surface area (Å²) in [6, 6.07) is 19.0. The third kappa shape index (κ3) is 2.44. The van der Waals surface area contributed by atoms with Gasteiger partial charge in [0, 0.05) is 22.5 Å². The fourth-order valence-electron chi connectivity index (χ4n) is 1.95. The number of nitrogen functional groups attached to an aromatic ring is 2. The standard InChI is InChI=1S/C16H14N4/c17-13-5-1-11(2-6-13)15-9-10-16(20-19-15)12-3-7-14(18)8-4-12/h1-10H,17-18H2. The molecule has 0 saturated carbocycles. The summed E-state index contributed by atoms with van der Waals surface area (Å²) in [5.41, 5.74) is 16.5. The lowest BCUT2D eigenvalue weighted by Crippen LogP contribution is -1.92. The number of rotatable bonds is 2. The Bertz CT molecular complexity index is 636. The van der Waals surface area contributed by atoms with E-state index in [2.05, 4.69) is 10.2 Å². The Morgan fingerprint density at radius 1 is 0.500 bits per heavy atom. The quantitative estimate of drug-likeness (QED) is 0.696. The van der Waals surface area contributed by atoms with Crippen LogP contribution in [-0.2, 0) is 0 Å². The molecule has 4 N–H and O–H groups in total. The Hall–Kier alpha value is -2.88. The van der Waals surface area contributed by atoms with Crippen molar-refractivity contribution in [2.24, 2.45) is 0 Å². The van der Waals surface area contributed by atoms with Gasteiger partial charge in [-0.25, -0.2) is 0 Å². The first-order valence-electron chi connectivity index (χ1n) is 6.28. The highest BCUT2D eigenvalue weighted by Gasteiger charge is 2.03. The van der Waals surface area contributed by atoms with E-state index >= 15 is 0 Å². The number of hydrogen-bond donors (Lipinski definition) is 2. The van der Waals surface area contributed by atoms with Crippen molar-refractivity contribution in [3.8, 4) is 22.5 Å². The fourth-order valence-corrected chi connectivity index (χ4v) is 1.95. The maximum absolute atomic E-state index is 5.67. The lowest BCUT2D eigenvalue weighted by atomic mass is 10.1. The van der Waals surface area contributed by atoms with Crippen LogP contribution in [0, 0.1) is 0 Å². The van der Waals surface area contributed by atoms with Gasteiger partial charge in [0.1, 0.15) is 0 Å². The third-order valence-electron chi connectivity index (χ3n) is 3.08. The molecule has 0 spiro atoms. The van der Waals surface area contributed by atoms with Crippen LogP contribution in [0.25, 0.3) is 22.5 Å². The summed E-state index contributed by atoms with van der Waals surface area (Å²) in [6.07, 6.45) is 0. The van der Waals surface area contributed by atoms with Gasteiger partial charge in [-0.05, 0) is 36.4 Å². The molecule has 1 heterocycles. The highest BCUT2D eigenvalue weighted by molar-refractivity contribution is 5.65. The second-order valence-electron chi connectivity index (χ2n) is 4.55. The summed E-state index contributed by atoms with van der Waals surface area (Å²) in [6.45, 7) is 0. The van der Waals surface area contributed by atoms with Crippen LogP contribution in [0.4, 0.5) is 11.4 Å². The van der Waals surface area contributed by atoms with Crippen LogP contribution in [0.5, 0.6) is 0 Å². The molecule has 0 aliphatic carbocycles. The zero-order valence-corrected chi connectivity index (χ0v) is 10.8. The molecule has 2 aromatic carbocycles. The number of aromatic nitrogens is 2. The molecular weight excluding hydrogens is 248 g/mol.